The van der Waals surface area contributed by atoms with E-state index >= 15 is 0 Å². The van der Waals surface area contributed by atoms with Gasteiger partial charge in [0.25, 0.3) is 0 Å². The fourth-order valence-electron chi connectivity index (χ4n) is 2.51. The van der Waals surface area contributed by atoms with Crippen LogP contribution in [0.1, 0.15) is 18.9 Å². The number of carbonyl (C=O) groups is 5. The van der Waals surface area contributed by atoms with Crippen molar-refractivity contribution in [2.45, 2.75) is 43.9 Å². The third-order valence-corrected chi connectivity index (χ3v) is 4.31. The number of nitrogens with one attached hydrogen (secondary N) is 3. The Labute approximate surface area is 183 Å². The minimum absolute atomic E-state index is 0.0198. The zero-order chi connectivity index (χ0) is 24.4. The van der Waals surface area contributed by atoms with Gasteiger partial charge in [0, 0.05) is 6.42 Å². The molecule has 0 radical (unpaired) electrons. The Morgan fingerprint density at radius 2 is 1.47 bits per heavy atom. The Balaban J connectivity index is 2.96. The molecule has 0 aliphatic rings. The van der Waals surface area contributed by atoms with E-state index in [1.807, 2.05) is 0 Å². The third-order valence-electron chi connectivity index (χ3n) is 4.31. The summed E-state index contributed by atoms with van der Waals surface area (Å²) in [5.74, 6) is -4.85. The Bertz CT molecular complexity index is 845. The van der Waals surface area contributed by atoms with Gasteiger partial charge in [0.05, 0.1) is 19.1 Å². The molecule has 4 amide bonds. The van der Waals surface area contributed by atoms with Gasteiger partial charge in [0.2, 0.25) is 23.6 Å². The Morgan fingerprint density at radius 1 is 0.938 bits per heavy atom. The minimum atomic E-state index is -1.51. The molecule has 0 saturated carbocycles. The van der Waals surface area contributed by atoms with Crippen molar-refractivity contribution < 1.29 is 39.3 Å². The van der Waals surface area contributed by atoms with Crippen LogP contribution < -0.4 is 27.4 Å². The molecule has 4 unspecified atom stereocenters. The molecule has 1 aromatic carbocycles. The van der Waals surface area contributed by atoms with E-state index in [-0.39, 0.29) is 12.2 Å². The fourth-order valence-corrected chi connectivity index (χ4v) is 2.51. The lowest BCUT2D eigenvalue weighted by Gasteiger charge is -2.24. The predicted molar refractivity (Wildman–Crippen MR) is 110 cm³/mol. The molecule has 4 atom stereocenters. The summed E-state index contributed by atoms with van der Waals surface area (Å²) in [6.45, 7) is 0.385. The summed E-state index contributed by atoms with van der Waals surface area (Å²) in [7, 11) is 0. The number of primary amides is 1. The second-order valence-electron chi connectivity index (χ2n) is 7.02. The van der Waals surface area contributed by atoms with Crippen molar-refractivity contribution in [2.24, 2.45) is 11.5 Å². The maximum atomic E-state index is 12.6. The molecular weight excluding hydrogens is 426 g/mol. The lowest BCUT2D eigenvalue weighted by atomic mass is 10.0. The summed E-state index contributed by atoms with van der Waals surface area (Å²) < 4.78 is 0. The number of carboxylic acid groups (broad SMARTS) is 1. The highest BCUT2D eigenvalue weighted by molar-refractivity contribution is 5.95. The molecule has 0 saturated heterocycles. The molecule has 10 N–H and O–H groups in total. The van der Waals surface area contributed by atoms with Crippen molar-refractivity contribution in [3.63, 3.8) is 0 Å². The quantitative estimate of drug-likeness (QED) is 0.158. The van der Waals surface area contributed by atoms with Crippen molar-refractivity contribution in [2.75, 3.05) is 6.61 Å². The van der Waals surface area contributed by atoms with Crippen LogP contribution in [0.4, 0.5) is 0 Å². The van der Waals surface area contributed by atoms with Crippen molar-refractivity contribution in [3.05, 3.63) is 29.8 Å². The number of phenolic OH excluding ortho intramolecular Hbond substituents is 1. The van der Waals surface area contributed by atoms with Gasteiger partial charge in [-0.25, -0.2) is 0 Å². The lowest BCUT2D eigenvalue weighted by Crippen LogP contribution is -2.58. The third kappa shape index (κ3) is 8.57. The summed E-state index contributed by atoms with van der Waals surface area (Å²) in [6.07, 6.45) is -0.567. The SMILES string of the molecule is CC(NC(=O)C(Cc1ccc(O)cc1)NC(=O)C(CO)NC(=O)C(N)CC(N)=O)C(=O)O. The van der Waals surface area contributed by atoms with Crippen LogP contribution in [0.25, 0.3) is 0 Å². The maximum Gasteiger partial charge on any atom is 0.325 e. The van der Waals surface area contributed by atoms with Gasteiger partial charge < -0.3 is 42.7 Å². The molecule has 0 aliphatic carbocycles. The Morgan fingerprint density at radius 3 is 1.97 bits per heavy atom. The molecule has 1 aromatic rings. The van der Waals surface area contributed by atoms with Crippen molar-refractivity contribution >= 4 is 29.6 Å². The zero-order valence-corrected chi connectivity index (χ0v) is 17.3. The van der Waals surface area contributed by atoms with Gasteiger partial charge in [0.1, 0.15) is 23.9 Å². The molecule has 176 valence electrons. The Kier molecular flexibility index (Phi) is 10.1. The topological polar surface area (TPSA) is 234 Å². The standard InChI is InChI=1S/C19H27N5O8/c1-9(19(31)32)22-17(29)13(6-10-2-4-11(26)5-3-10)23-18(30)14(8-25)24-16(28)12(20)7-15(21)27/h2-5,9,12-14,25-26H,6-8,20H2,1H3,(H2,21,27)(H,22,29)(H,23,30)(H,24,28)(H,31,32). The molecule has 13 heteroatoms. The molecular formula is C19H27N5O8. The number of phenols is 1. The predicted octanol–water partition coefficient (Wildman–Crippen LogP) is -3.31. The molecule has 0 aromatic heterocycles. The van der Waals surface area contributed by atoms with Crippen LogP contribution in [0.5, 0.6) is 5.75 Å². The van der Waals surface area contributed by atoms with Gasteiger partial charge in [-0.3, -0.25) is 24.0 Å². The first-order valence-corrected chi connectivity index (χ1v) is 9.51. The van der Waals surface area contributed by atoms with Crippen LogP contribution in [-0.2, 0) is 30.4 Å². The van der Waals surface area contributed by atoms with E-state index in [9.17, 15) is 34.2 Å². The number of amides is 4. The number of aromatic hydroxyl groups is 1. The zero-order valence-electron chi connectivity index (χ0n) is 17.3. The van der Waals surface area contributed by atoms with Crippen LogP contribution in [-0.4, -0.2) is 75.7 Å². The molecule has 0 heterocycles. The van der Waals surface area contributed by atoms with E-state index in [1.165, 1.54) is 31.2 Å². The maximum absolute atomic E-state index is 12.6. The highest BCUT2D eigenvalue weighted by atomic mass is 16.4. The highest BCUT2D eigenvalue weighted by Gasteiger charge is 2.29. The van der Waals surface area contributed by atoms with Gasteiger partial charge in [-0.05, 0) is 24.6 Å². The molecule has 13 nitrogen and oxygen atoms in total. The average molecular weight is 453 g/mol. The number of aliphatic hydroxyl groups excluding tert-OH is 1. The lowest BCUT2D eigenvalue weighted by molar-refractivity contribution is -0.141. The van der Waals surface area contributed by atoms with E-state index in [0.717, 1.165) is 0 Å². The summed E-state index contributed by atoms with van der Waals surface area (Å²) >= 11 is 0. The fraction of sp³-hybridized carbons (Fsp3) is 0.421. The first kappa shape index (κ1) is 26.3. The highest BCUT2D eigenvalue weighted by Crippen LogP contribution is 2.12. The van der Waals surface area contributed by atoms with Crippen LogP contribution in [0.15, 0.2) is 24.3 Å². The van der Waals surface area contributed by atoms with Gasteiger partial charge in [-0.15, -0.1) is 0 Å². The number of hydrogen-bond donors (Lipinski definition) is 8. The number of carbonyl (C=O) groups excluding carboxylic acids is 4. The van der Waals surface area contributed by atoms with Gasteiger partial charge in [-0.2, -0.15) is 0 Å². The van der Waals surface area contributed by atoms with Crippen LogP contribution in [0.2, 0.25) is 0 Å². The molecule has 0 aliphatic heterocycles. The minimum Gasteiger partial charge on any atom is -0.508 e. The molecule has 0 spiro atoms. The average Bonchev–Trinajstić information content (AvgIpc) is 2.71. The summed E-state index contributed by atoms with van der Waals surface area (Å²) in [5.41, 5.74) is 11.0. The largest absolute Gasteiger partial charge is 0.508 e. The van der Waals surface area contributed by atoms with Crippen LogP contribution in [0.3, 0.4) is 0 Å². The molecule has 1 rings (SSSR count). The monoisotopic (exact) mass is 453 g/mol. The number of aliphatic carboxylic acids is 1. The number of hydrogen-bond acceptors (Lipinski definition) is 8. The Hall–Kier alpha value is -3.71. The number of aliphatic hydroxyl groups is 1. The van der Waals surface area contributed by atoms with Crippen LogP contribution in [0, 0.1) is 0 Å². The van der Waals surface area contributed by atoms with Gasteiger partial charge in [-0.1, -0.05) is 12.1 Å². The van der Waals surface area contributed by atoms with E-state index < -0.39 is 66.8 Å². The second kappa shape index (κ2) is 12.2. The first-order valence-electron chi connectivity index (χ1n) is 9.51. The van der Waals surface area contributed by atoms with E-state index in [4.69, 9.17) is 16.6 Å². The molecule has 32 heavy (non-hydrogen) atoms. The van der Waals surface area contributed by atoms with E-state index in [0.29, 0.717) is 5.56 Å². The summed E-state index contributed by atoms with van der Waals surface area (Å²) in [6, 6.07) is 0.343. The van der Waals surface area contributed by atoms with Gasteiger partial charge in [0.15, 0.2) is 0 Å². The van der Waals surface area contributed by atoms with Crippen molar-refractivity contribution in [1.29, 1.82) is 0 Å². The number of nitrogens with two attached hydrogens (primary N) is 2. The smallest absolute Gasteiger partial charge is 0.325 e. The van der Waals surface area contributed by atoms with E-state index in [2.05, 4.69) is 16.0 Å². The molecule has 0 fully saturated rings. The first-order chi connectivity index (χ1) is 14.9. The summed E-state index contributed by atoms with van der Waals surface area (Å²) in [5, 5.41) is 34.6. The molecule has 0 bridgehead atoms. The number of carboxylic acids is 1. The van der Waals surface area contributed by atoms with Crippen LogP contribution >= 0.6 is 0 Å². The number of benzene rings is 1. The van der Waals surface area contributed by atoms with Gasteiger partial charge >= 0.3 is 5.97 Å². The van der Waals surface area contributed by atoms with Crippen molar-refractivity contribution in [1.82, 2.24) is 16.0 Å². The van der Waals surface area contributed by atoms with Crippen molar-refractivity contribution in [3.8, 4) is 5.75 Å². The number of rotatable bonds is 12. The van der Waals surface area contributed by atoms with E-state index in [1.54, 1.807) is 0 Å². The second-order valence-corrected chi connectivity index (χ2v) is 7.02. The normalized spacial score (nSPS) is 14.3. The summed E-state index contributed by atoms with van der Waals surface area (Å²) in [4.78, 5) is 59.1.